The Morgan fingerprint density at radius 1 is 1.04 bits per heavy atom. The molecule has 0 unspecified atom stereocenters. The highest BCUT2D eigenvalue weighted by Gasteiger charge is 2.24. The monoisotopic (exact) mass is 390 g/mol. The number of carbonyl (C=O) groups excluding carboxylic acids is 1. The number of anilines is 2. The third-order valence-corrected chi connectivity index (χ3v) is 4.19. The molecule has 1 aliphatic heterocycles. The van der Waals surface area contributed by atoms with Gasteiger partial charge < -0.3 is 15.0 Å². The highest BCUT2D eigenvalue weighted by Crippen LogP contribution is 2.30. The Morgan fingerprint density at radius 3 is 2.36 bits per heavy atom. The molecule has 1 amide bonds. The first kappa shape index (κ1) is 19.2. The van der Waals surface area contributed by atoms with E-state index in [1.54, 1.807) is 4.90 Å². The van der Waals surface area contributed by atoms with E-state index in [1.807, 2.05) is 0 Å². The van der Waals surface area contributed by atoms with Crippen LogP contribution >= 0.6 is 0 Å². The second-order valence-corrected chi connectivity index (χ2v) is 5.94. The van der Waals surface area contributed by atoms with Crippen LogP contribution in [0.15, 0.2) is 36.4 Å². The van der Waals surface area contributed by atoms with Crippen LogP contribution in [0.3, 0.4) is 0 Å². The van der Waals surface area contributed by atoms with Crippen LogP contribution in [0.25, 0.3) is 0 Å². The average molecular weight is 390 g/mol. The maximum Gasteiger partial charge on any atom is 0.306 e. The van der Waals surface area contributed by atoms with E-state index in [0.29, 0.717) is 32.0 Å². The molecule has 0 atom stereocenters. The minimum absolute atomic E-state index is 0.00184. The number of amides is 1. The highest BCUT2D eigenvalue weighted by atomic mass is 19.1. The number of morpholine rings is 1. The van der Waals surface area contributed by atoms with Gasteiger partial charge in [0.2, 0.25) is 5.82 Å². The summed E-state index contributed by atoms with van der Waals surface area (Å²) in [5.41, 5.74) is -0.651. The SMILES string of the molecule is O=C(Nc1ccc(F)c([N+](=O)[O-])c1)c1ccc(N2CCOCC2)c([N+](=O)[O-])c1. The Labute approximate surface area is 157 Å². The lowest BCUT2D eigenvalue weighted by Gasteiger charge is -2.28. The summed E-state index contributed by atoms with van der Waals surface area (Å²) in [6, 6.07) is 6.94. The molecule has 2 aromatic carbocycles. The van der Waals surface area contributed by atoms with Crippen LogP contribution < -0.4 is 10.2 Å². The lowest BCUT2D eigenvalue weighted by Crippen LogP contribution is -2.36. The number of nitro benzene ring substituents is 2. The van der Waals surface area contributed by atoms with Gasteiger partial charge >= 0.3 is 5.69 Å². The second kappa shape index (κ2) is 7.96. The number of nitrogens with one attached hydrogen (secondary N) is 1. The molecule has 146 valence electrons. The van der Waals surface area contributed by atoms with Crippen LogP contribution in [0.2, 0.25) is 0 Å². The first-order valence-corrected chi connectivity index (χ1v) is 8.23. The van der Waals surface area contributed by atoms with Crippen molar-refractivity contribution in [1.29, 1.82) is 0 Å². The number of nitrogens with zero attached hydrogens (tertiary/aromatic N) is 3. The zero-order valence-electron chi connectivity index (χ0n) is 14.5. The summed E-state index contributed by atoms with van der Waals surface area (Å²) in [6.07, 6.45) is 0. The van der Waals surface area contributed by atoms with Crippen LogP contribution in [0.5, 0.6) is 0 Å². The van der Waals surface area contributed by atoms with Gasteiger partial charge in [-0.05, 0) is 24.3 Å². The molecule has 1 fully saturated rings. The molecule has 0 aliphatic carbocycles. The molecular weight excluding hydrogens is 375 g/mol. The van der Waals surface area contributed by atoms with E-state index in [4.69, 9.17) is 4.74 Å². The van der Waals surface area contributed by atoms with Crippen molar-refractivity contribution in [3.8, 4) is 0 Å². The quantitative estimate of drug-likeness (QED) is 0.614. The summed E-state index contributed by atoms with van der Waals surface area (Å²) in [4.78, 5) is 35.0. The molecule has 1 saturated heterocycles. The fraction of sp³-hybridized carbons (Fsp3) is 0.235. The normalized spacial score (nSPS) is 13.8. The summed E-state index contributed by atoms with van der Waals surface area (Å²) < 4.78 is 18.6. The first-order valence-electron chi connectivity index (χ1n) is 8.23. The molecule has 0 bridgehead atoms. The summed E-state index contributed by atoms with van der Waals surface area (Å²) in [7, 11) is 0. The van der Waals surface area contributed by atoms with Gasteiger partial charge in [-0.25, -0.2) is 0 Å². The second-order valence-electron chi connectivity index (χ2n) is 5.94. The Hall–Kier alpha value is -3.60. The van der Waals surface area contributed by atoms with Gasteiger partial charge in [-0.1, -0.05) is 0 Å². The molecule has 0 saturated carbocycles. The molecule has 3 rings (SSSR count). The standard InChI is InChI=1S/C17H15FN4O6/c18-13-3-2-12(10-15(13)21(24)25)19-17(23)11-1-4-14(16(9-11)22(26)27)20-5-7-28-8-6-20/h1-4,9-10H,5-8H2,(H,19,23). The predicted molar refractivity (Wildman–Crippen MR) is 97.1 cm³/mol. The molecule has 11 heteroatoms. The van der Waals surface area contributed by atoms with Crippen LogP contribution in [-0.2, 0) is 4.74 Å². The number of carbonyl (C=O) groups is 1. The van der Waals surface area contributed by atoms with Gasteiger partial charge in [-0.2, -0.15) is 4.39 Å². The lowest BCUT2D eigenvalue weighted by molar-refractivity contribution is -0.387. The fourth-order valence-electron chi connectivity index (χ4n) is 2.82. The summed E-state index contributed by atoms with van der Waals surface area (Å²) in [5, 5.41) is 24.6. The van der Waals surface area contributed by atoms with E-state index in [0.717, 1.165) is 24.3 Å². The van der Waals surface area contributed by atoms with Crippen molar-refractivity contribution >= 4 is 28.7 Å². The molecule has 1 heterocycles. The minimum Gasteiger partial charge on any atom is -0.378 e. The smallest absolute Gasteiger partial charge is 0.306 e. The predicted octanol–water partition coefficient (Wildman–Crippen LogP) is 2.73. The number of nitro groups is 2. The Morgan fingerprint density at radius 2 is 1.71 bits per heavy atom. The third kappa shape index (κ3) is 4.04. The van der Waals surface area contributed by atoms with Gasteiger partial charge in [0.25, 0.3) is 11.6 Å². The van der Waals surface area contributed by atoms with Gasteiger partial charge in [0.05, 0.1) is 23.1 Å². The number of hydrogen-bond acceptors (Lipinski definition) is 7. The number of rotatable bonds is 5. The number of halogens is 1. The third-order valence-electron chi connectivity index (χ3n) is 4.19. The van der Waals surface area contributed by atoms with Crippen molar-refractivity contribution in [3.05, 3.63) is 68.0 Å². The maximum atomic E-state index is 13.4. The van der Waals surface area contributed by atoms with Crippen molar-refractivity contribution in [2.45, 2.75) is 0 Å². The molecular formula is C17H15FN4O6. The molecule has 0 spiro atoms. The summed E-state index contributed by atoms with van der Waals surface area (Å²) >= 11 is 0. The first-order chi connectivity index (χ1) is 13.4. The molecule has 10 nitrogen and oxygen atoms in total. The van der Waals surface area contributed by atoms with Gasteiger partial charge in [0, 0.05) is 36.5 Å². The average Bonchev–Trinajstić information content (AvgIpc) is 2.69. The fourth-order valence-corrected chi connectivity index (χ4v) is 2.82. The van der Waals surface area contributed by atoms with Crippen molar-refractivity contribution in [3.63, 3.8) is 0 Å². The van der Waals surface area contributed by atoms with Crippen molar-refractivity contribution in [1.82, 2.24) is 0 Å². The van der Waals surface area contributed by atoms with E-state index < -0.39 is 27.3 Å². The van der Waals surface area contributed by atoms with Crippen molar-refractivity contribution in [2.75, 3.05) is 36.5 Å². The Kier molecular flexibility index (Phi) is 5.45. The number of hydrogen-bond donors (Lipinski definition) is 1. The van der Waals surface area contributed by atoms with Crippen molar-refractivity contribution in [2.24, 2.45) is 0 Å². The molecule has 28 heavy (non-hydrogen) atoms. The lowest BCUT2D eigenvalue weighted by atomic mass is 10.1. The topological polar surface area (TPSA) is 128 Å². The largest absolute Gasteiger partial charge is 0.378 e. The Balaban J connectivity index is 1.86. The highest BCUT2D eigenvalue weighted by molar-refractivity contribution is 6.05. The zero-order valence-corrected chi connectivity index (χ0v) is 14.5. The van der Waals surface area contributed by atoms with Gasteiger partial charge in [0.1, 0.15) is 5.69 Å². The number of benzene rings is 2. The van der Waals surface area contributed by atoms with E-state index >= 15 is 0 Å². The maximum absolute atomic E-state index is 13.4. The van der Waals surface area contributed by atoms with Crippen LogP contribution in [0.1, 0.15) is 10.4 Å². The molecule has 0 radical (unpaired) electrons. The van der Waals surface area contributed by atoms with E-state index in [1.165, 1.54) is 12.1 Å². The van der Waals surface area contributed by atoms with Crippen LogP contribution in [0, 0.1) is 26.0 Å². The van der Waals surface area contributed by atoms with Crippen LogP contribution in [0.4, 0.5) is 27.1 Å². The molecule has 0 aromatic heterocycles. The number of ether oxygens (including phenoxy) is 1. The van der Waals surface area contributed by atoms with Gasteiger partial charge in [-0.3, -0.25) is 25.0 Å². The van der Waals surface area contributed by atoms with Gasteiger partial charge in [0.15, 0.2) is 0 Å². The molecule has 2 aromatic rings. The molecule has 1 N–H and O–H groups in total. The van der Waals surface area contributed by atoms with E-state index in [2.05, 4.69) is 5.32 Å². The summed E-state index contributed by atoms with van der Waals surface area (Å²) in [5.74, 6) is -1.74. The van der Waals surface area contributed by atoms with Crippen molar-refractivity contribution < 1.29 is 23.8 Å². The molecule has 1 aliphatic rings. The van der Waals surface area contributed by atoms with Crippen LogP contribution in [-0.4, -0.2) is 42.1 Å². The minimum atomic E-state index is -1.03. The summed E-state index contributed by atoms with van der Waals surface area (Å²) in [6.45, 7) is 1.88. The zero-order chi connectivity index (χ0) is 20.3. The van der Waals surface area contributed by atoms with Gasteiger partial charge in [-0.15, -0.1) is 0 Å². The Bertz CT molecular complexity index is 945. The van der Waals surface area contributed by atoms with E-state index in [9.17, 15) is 29.4 Å². The van der Waals surface area contributed by atoms with E-state index in [-0.39, 0.29) is 16.9 Å².